The van der Waals surface area contributed by atoms with Gasteiger partial charge in [-0.15, -0.1) is 0 Å². The summed E-state index contributed by atoms with van der Waals surface area (Å²) in [4.78, 5) is 12.6. The highest BCUT2D eigenvalue weighted by molar-refractivity contribution is 6.50. The van der Waals surface area contributed by atoms with Gasteiger partial charge in [-0.05, 0) is 36.4 Å². The van der Waals surface area contributed by atoms with Crippen LogP contribution < -0.4 is 18.6 Å². The lowest BCUT2D eigenvalue weighted by Crippen LogP contribution is -2.49. The van der Waals surface area contributed by atoms with E-state index < -0.39 is 19.3 Å². The van der Waals surface area contributed by atoms with Crippen molar-refractivity contribution in [2.75, 3.05) is 6.54 Å². The third-order valence-corrected chi connectivity index (χ3v) is 5.46. The summed E-state index contributed by atoms with van der Waals surface area (Å²) in [5, 5.41) is 11.0. The second-order valence-electron chi connectivity index (χ2n) is 7.87. The van der Waals surface area contributed by atoms with Crippen LogP contribution in [-0.4, -0.2) is 30.7 Å². The Morgan fingerprint density at radius 3 is 1.84 bits per heavy atom. The zero-order valence-electron chi connectivity index (χ0n) is 17.4. The molecule has 0 aliphatic carbocycles. The predicted octanol–water partition coefficient (Wildman–Crippen LogP) is 4.20. The molecule has 8 nitrogen and oxygen atoms in total. The standard InChI is InChI=1S/C22H20B2N2O6/c1-16(23-29-19-6-2-3-7-20(19)30-23)14-25(15-17-10-12-18(13-11-17)26(27)28)24-31-21-8-4-5-9-22(21)32-24/h2-13,16H,14-15H2,1H3. The predicted molar refractivity (Wildman–Crippen MR) is 120 cm³/mol. The van der Waals surface area contributed by atoms with Crippen LogP contribution in [0.3, 0.4) is 0 Å². The highest BCUT2D eigenvalue weighted by atomic mass is 16.6. The number of nitrogens with zero attached hydrogens (tertiary/aromatic N) is 2. The third-order valence-electron chi connectivity index (χ3n) is 5.46. The molecule has 3 aromatic rings. The molecule has 0 radical (unpaired) electrons. The van der Waals surface area contributed by atoms with Crippen molar-refractivity contribution in [3.05, 3.63) is 88.5 Å². The van der Waals surface area contributed by atoms with Gasteiger partial charge in [0.15, 0.2) is 0 Å². The van der Waals surface area contributed by atoms with Crippen LogP contribution in [0.1, 0.15) is 12.5 Å². The van der Waals surface area contributed by atoms with E-state index in [4.69, 9.17) is 18.6 Å². The molecular formula is C22H20B2N2O6. The van der Waals surface area contributed by atoms with Crippen LogP contribution in [0.2, 0.25) is 5.82 Å². The van der Waals surface area contributed by atoms with Gasteiger partial charge in [-0.3, -0.25) is 14.9 Å². The number of hydrogen-bond donors (Lipinski definition) is 0. The summed E-state index contributed by atoms with van der Waals surface area (Å²) >= 11 is 0. The first kappa shape index (κ1) is 20.3. The lowest BCUT2D eigenvalue weighted by atomic mass is 9.72. The van der Waals surface area contributed by atoms with E-state index in [0.29, 0.717) is 24.6 Å². The van der Waals surface area contributed by atoms with Crippen LogP contribution in [-0.2, 0) is 6.54 Å². The molecule has 0 saturated heterocycles. The molecule has 32 heavy (non-hydrogen) atoms. The summed E-state index contributed by atoms with van der Waals surface area (Å²) in [5.74, 6) is 2.80. The van der Waals surface area contributed by atoms with Gasteiger partial charge < -0.3 is 18.6 Å². The minimum atomic E-state index is -0.631. The second-order valence-corrected chi connectivity index (χ2v) is 7.87. The maximum atomic E-state index is 11.0. The topological polar surface area (TPSA) is 83.3 Å². The Morgan fingerprint density at radius 1 is 0.844 bits per heavy atom. The number of nitro benzene ring substituents is 1. The molecule has 0 amide bonds. The molecule has 2 aliphatic rings. The molecule has 0 N–H and O–H groups in total. The Hall–Kier alpha value is -3.65. The number of nitro groups is 1. The number of non-ortho nitro benzene ring substituents is 1. The molecule has 2 heterocycles. The molecule has 2 aliphatic heterocycles. The summed E-state index contributed by atoms with van der Waals surface area (Å²) in [5.41, 5.74) is 0.961. The van der Waals surface area contributed by atoms with E-state index >= 15 is 0 Å². The van der Waals surface area contributed by atoms with Gasteiger partial charge in [0.05, 0.1) is 4.92 Å². The number of hydrogen-bond acceptors (Lipinski definition) is 7. The zero-order chi connectivity index (χ0) is 22.1. The van der Waals surface area contributed by atoms with Crippen molar-refractivity contribution >= 4 is 20.1 Å². The van der Waals surface area contributed by atoms with E-state index in [9.17, 15) is 10.1 Å². The van der Waals surface area contributed by atoms with E-state index in [0.717, 1.165) is 17.1 Å². The summed E-state index contributed by atoms with van der Waals surface area (Å²) in [6, 6.07) is 21.6. The fraction of sp³-hybridized carbons (Fsp3) is 0.182. The van der Waals surface area contributed by atoms with E-state index in [2.05, 4.69) is 0 Å². The maximum absolute atomic E-state index is 11.0. The van der Waals surface area contributed by atoms with E-state index in [1.807, 2.05) is 60.3 Å². The lowest BCUT2D eigenvalue weighted by Gasteiger charge is -2.26. The van der Waals surface area contributed by atoms with Gasteiger partial charge in [0.2, 0.25) is 0 Å². The lowest BCUT2D eigenvalue weighted by molar-refractivity contribution is -0.384. The third kappa shape index (κ3) is 4.09. The monoisotopic (exact) mass is 430 g/mol. The first-order valence-corrected chi connectivity index (χ1v) is 10.4. The Morgan fingerprint density at radius 2 is 1.34 bits per heavy atom. The first-order valence-electron chi connectivity index (χ1n) is 10.4. The molecule has 0 fully saturated rings. The highest BCUT2D eigenvalue weighted by Crippen LogP contribution is 2.37. The Balaban J connectivity index is 1.33. The van der Waals surface area contributed by atoms with Crippen LogP contribution in [0, 0.1) is 10.1 Å². The van der Waals surface area contributed by atoms with E-state index in [-0.39, 0.29) is 11.5 Å². The van der Waals surface area contributed by atoms with Crippen LogP contribution in [0.5, 0.6) is 23.0 Å². The van der Waals surface area contributed by atoms with Crippen molar-refractivity contribution in [1.29, 1.82) is 0 Å². The molecule has 10 heteroatoms. The molecular weight excluding hydrogens is 410 g/mol. The molecule has 3 aromatic carbocycles. The Labute approximate surface area is 186 Å². The summed E-state index contributed by atoms with van der Waals surface area (Å²) < 4.78 is 24.0. The van der Waals surface area contributed by atoms with Gasteiger partial charge >= 0.3 is 14.4 Å². The van der Waals surface area contributed by atoms with Crippen LogP contribution >= 0.6 is 0 Å². The molecule has 160 valence electrons. The molecule has 0 bridgehead atoms. The van der Waals surface area contributed by atoms with Crippen molar-refractivity contribution in [1.82, 2.24) is 4.81 Å². The fourth-order valence-electron chi connectivity index (χ4n) is 3.83. The molecule has 0 spiro atoms. The fourth-order valence-corrected chi connectivity index (χ4v) is 3.83. The number of benzene rings is 3. The number of rotatable bonds is 7. The highest BCUT2D eigenvalue weighted by Gasteiger charge is 2.44. The van der Waals surface area contributed by atoms with Crippen LogP contribution in [0.15, 0.2) is 72.8 Å². The average molecular weight is 430 g/mol. The van der Waals surface area contributed by atoms with Gasteiger partial charge in [-0.2, -0.15) is 0 Å². The summed E-state index contributed by atoms with van der Waals surface area (Å²) in [6.45, 7) is 3.07. The minimum absolute atomic E-state index is 0.0173. The quantitative estimate of drug-likeness (QED) is 0.316. The molecule has 1 atom stereocenters. The maximum Gasteiger partial charge on any atom is 0.701 e. The molecule has 0 aromatic heterocycles. The SMILES string of the molecule is CC(CN(Cc1ccc([N+](=O)[O-])cc1)B1Oc2ccccc2O1)B1Oc2ccccc2O1. The smallest absolute Gasteiger partial charge is 0.523 e. The van der Waals surface area contributed by atoms with E-state index in [1.54, 1.807) is 12.1 Å². The normalized spacial score (nSPS) is 14.7. The second kappa shape index (κ2) is 8.47. The van der Waals surface area contributed by atoms with Crippen LogP contribution in [0.4, 0.5) is 5.69 Å². The minimum Gasteiger partial charge on any atom is -0.523 e. The molecule has 0 saturated carbocycles. The summed E-state index contributed by atoms with van der Waals surface area (Å²) in [7, 11) is -1.07. The van der Waals surface area contributed by atoms with Gasteiger partial charge in [-0.1, -0.05) is 43.3 Å². The van der Waals surface area contributed by atoms with Gasteiger partial charge in [0.1, 0.15) is 23.0 Å². The first-order chi connectivity index (χ1) is 15.6. The Bertz CT molecular complexity index is 1080. The van der Waals surface area contributed by atoms with E-state index in [1.165, 1.54) is 12.1 Å². The Kier molecular flexibility index (Phi) is 5.36. The van der Waals surface area contributed by atoms with Crippen molar-refractivity contribution in [3.63, 3.8) is 0 Å². The zero-order valence-corrected chi connectivity index (χ0v) is 17.4. The van der Waals surface area contributed by atoms with Crippen LogP contribution in [0.25, 0.3) is 0 Å². The average Bonchev–Trinajstić information content (AvgIpc) is 3.43. The van der Waals surface area contributed by atoms with Gasteiger partial charge in [0, 0.05) is 24.5 Å². The molecule has 5 rings (SSSR count). The van der Waals surface area contributed by atoms with Crippen molar-refractivity contribution in [3.8, 4) is 23.0 Å². The number of para-hydroxylation sites is 4. The van der Waals surface area contributed by atoms with Crippen molar-refractivity contribution in [2.45, 2.75) is 19.3 Å². The molecule has 1 unspecified atom stereocenters. The summed E-state index contributed by atoms with van der Waals surface area (Å²) in [6.07, 6.45) is 0. The van der Waals surface area contributed by atoms with Crippen molar-refractivity contribution < 1.29 is 23.5 Å². The van der Waals surface area contributed by atoms with Crippen molar-refractivity contribution in [2.24, 2.45) is 0 Å². The van der Waals surface area contributed by atoms with Gasteiger partial charge in [0.25, 0.3) is 5.69 Å². The number of fused-ring (bicyclic) bond motifs is 2. The largest absolute Gasteiger partial charge is 0.701 e. The van der Waals surface area contributed by atoms with Gasteiger partial charge in [-0.25, -0.2) is 0 Å².